The molecule has 304 valence electrons. The van der Waals surface area contributed by atoms with Gasteiger partial charge in [0.25, 0.3) is 0 Å². The van der Waals surface area contributed by atoms with Crippen LogP contribution in [0, 0.1) is 11.8 Å². The van der Waals surface area contributed by atoms with Crippen molar-refractivity contribution in [3.05, 3.63) is 53.2 Å². The first kappa shape index (κ1) is 47.7. The summed E-state index contributed by atoms with van der Waals surface area (Å²) in [7, 11) is -1.07. The summed E-state index contributed by atoms with van der Waals surface area (Å²) in [6, 6.07) is 5.73. The van der Waals surface area contributed by atoms with Crippen molar-refractivity contribution < 1.29 is 28.5 Å². The molecular weight excluding hydrogens is 727 g/mol. The maximum atomic E-state index is 10.6. The number of nitrogens with two attached hydrogens (primary N) is 1. The highest BCUT2D eigenvalue weighted by Crippen LogP contribution is 2.38. The third-order valence-electron chi connectivity index (χ3n) is 9.57. The number of unbranched alkanes of at least 4 members (excludes halogenated alkanes) is 16. The van der Waals surface area contributed by atoms with Crippen LogP contribution in [0.2, 0.25) is 5.02 Å². The minimum atomic E-state index is -2.07. The summed E-state index contributed by atoms with van der Waals surface area (Å²) >= 11 is 6.12. The zero-order chi connectivity index (χ0) is 39.2. The average molecular weight is 793 g/mol. The minimum absolute atomic E-state index is 0.130. The van der Waals surface area contributed by atoms with E-state index in [1.54, 1.807) is 16.9 Å². The van der Waals surface area contributed by atoms with Crippen LogP contribution in [0.4, 0.5) is 5.82 Å². The fraction of sp³-hybridized carbons (Fsp3) is 0.700. The smallest absolute Gasteiger partial charge is 0.330 e. The summed E-state index contributed by atoms with van der Waals surface area (Å²) < 4.78 is 25.7. The largest absolute Gasteiger partial charge is 0.400 e. The van der Waals surface area contributed by atoms with E-state index < -0.39 is 8.60 Å². The first-order valence-corrected chi connectivity index (χ1v) is 21.4. The lowest BCUT2D eigenvalue weighted by molar-refractivity contribution is -0.00970. The van der Waals surface area contributed by atoms with Crippen LogP contribution < -0.4 is 5.73 Å². The van der Waals surface area contributed by atoms with E-state index in [0.29, 0.717) is 17.4 Å². The Labute approximate surface area is 330 Å². The maximum absolute atomic E-state index is 10.6. The molecule has 0 spiro atoms. The van der Waals surface area contributed by atoms with Gasteiger partial charge in [-0.3, -0.25) is 4.98 Å². The molecule has 14 heteroatoms. The van der Waals surface area contributed by atoms with Gasteiger partial charge in [-0.05, 0) is 43.0 Å². The Morgan fingerprint density at radius 2 is 1.54 bits per heavy atom. The standard InChI is InChI=1S/C38H61ClN5O5P.CHN.CH4O/c1-2-3-4-5-6-7-8-9-10-11-12-13-14-15-16-17-18-19-33(46-27-31-24-32(39)26-41-25-31)28-47-50(45)48-29-34-20-23-37(49-34)35-21-22-36-38(40)42-30-43-44(35)36;2*1-2/h21-22,24-26,30,33-34,37,45H,2-20,23,27-29H2,1H3,(H2,40,42,43);1H;2H,1H3. The summed E-state index contributed by atoms with van der Waals surface area (Å²) in [6.45, 7) is 6.66. The van der Waals surface area contributed by atoms with Gasteiger partial charge in [0.05, 0.1) is 42.7 Å². The molecule has 1 saturated heterocycles. The summed E-state index contributed by atoms with van der Waals surface area (Å²) in [6.07, 6.45) is 29.7. The second-order valence-corrected chi connectivity index (χ2v) is 15.2. The molecular formula is C40H66ClN6O6P. The van der Waals surface area contributed by atoms with Crippen LogP contribution in [-0.2, 0) is 25.1 Å². The molecule has 0 radical (unpaired) electrons. The Balaban J connectivity index is 0.00000244. The topological polar surface area (TPSA) is 170 Å². The first-order chi connectivity index (χ1) is 26.5. The van der Waals surface area contributed by atoms with E-state index in [0.717, 1.165) is 56.0 Å². The lowest BCUT2D eigenvalue weighted by atomic mass is 10.0. The monoisotopic (exact) mass is 792 g/mol. The Morgan fingerprint density at radius 3 is 2.15 bits per heavy atom. The van der Waals surface area contributed by atoms with Gasteiger partial charge >= 0.3 is 8.60 Å². The number of hydrogen-bond acceptors (Lipinski definition) is 11. The molecule has 12 nitrogen and oxygen atoms in total. The number of aromatic nitrogens is 4. The van der Waals surface area contributed by atoms with Gasteiger partial charge in [-0.15, -0.1) is 0 Å². The van der Waals surface area contributed by atoms with Gasteiger partial charge in [0.1, 0.15) is 17.9 Å². The highest BCUT2D eigenvalue weighted by molar-refractivity contribution is 7.40. The van der Waals surface area contributed by atoms with Crippen molar-refractivity contribution >= 4 is 31.5 Å². The molecule has 3 aromatic rings. The minimum Gasteiger partial charge on any atom is -0.400 e. The first-order valence-electron chi connectivity index (χ1n) is 19.9. The van der Waals surface area contributed by atoms with Gasteiger partial charge in [-0.1, -0.05) is 128 Å². The highest BCUT2D eigenvalue weighted by Gasteiger charge is 2.30. The highest BCUT2D eigenvalue weighted by atomic mass is 35.5. The molecule has 4 rings (SSSR count). The van der Waals surface area contributed by atoms with Crippen LogP contribution in [-0.4, -0.2) is 62.1 Å². The number of pyridine rings is 1. The van der Waals surface area contributed by atoms with E-state index in [2.05, 4.69) is 28.6 Å². The zero-order valence-corrected chi connectivity index (χ0v) is 34.4. The van der Waals surface area contributed by atoms with E-state index >= 15 is 0 Å². The number of ether oxygens (including phenoxy) is 2. The van der Waals surface area contributed by atoms with Gasteiger partial charge in [0.2, 0.25) is 0 Å². The van der Waals surface area contributed by atoms with Crippen molar-refractivity contribution in [2.45, 2.75) is 160 Å². The number of nitrogens with zero attached hydrogens (tertiary/aromatic N) is 5. The SMILES string of the molecule is C#N.CCCCCCCCCCCCCCCCCCCC(COP(O)OCC1CCC(c2ccc3c(N)ncnn23)O1)OCc1cncc(Cl)c1.CO. The molecule has 1 fully saturated rings. The molecule has 0 aromatic carbocycles. The molecule has 0 saturated carbocycles. The van der Waals surface area contributed by atoms with Crippen LogP contribution in [0.5, 0.6) is 0 Å². The van der Waals surface area contributed by atoms with Crippen molar-refractivity contribution in [1.82, 2.24) is 19.6 Å². The molecule has 0 amide bonds. The molecule has 4 heterocycles. The fourth-order valence-corrected chi connectivity index (χ4v) is 7.51. The van der Waals surface area contributed by atoms with Crippen LogP contribution >= 0.6 is 20.2 Å². The van der Waals surface area contributed by atoms with E-state index in [1.165, 1.54) is 103 Å². The molecule has 4 N–H and O–H groups in total. The van der Waals surface area contributed by atoms with Gasteiger partial charge in [0, 0.05) is 26.1 Å². The number of nitriles is 1. The lowest BCUT2D eigenvalue weighted by Gasteiger charge is -2.20. The number of aliphatic hydroxyl groups is 1. The van der Waals surface area contributed by atoms with E-state index in [-0.39, 0.29) is 31.5 Å². The van der Waals surface area contributed by atoms with Crippen LogP contribution in [0.25, 0.3) is 5.52 Å². The number of fused-ring (bicyclic) bond motifs is 1. The summed E-state index contributed by atoms with van der Waals surface area (Å²) in [5.74, 6) is 0.434. The molecule has 1 aliphatic heterocycles. The third kappa shape index (κ3) is 19.4. The molecule has 1 aliphatic rings. The second kappa shape index (κ2) is 30.7. The van der Waals surface area contributed by atoms with Gasteiger partial charge < -0.3 is 34.3 Å². The Kier molecular flexibility index (Phi) is 27.1. The molecule has 4 atom stereocenters. The Hall–Kier alpha value is -2.46. The van der Waals surface area contributed by atoms with Crippen LogP contribution in [0.15, 0.2) is 36.9 Å². The Bertz CT molecular complexity index is 1390. The van der Waals surface area contributed by atoms with E-state index in [1.807, 2.05) is 18.2 Å². The Morgan fingerprint density at radius 1 is 0.926 bits per heavy atom. The van der Waals surface area contributed by atoms with Crippen LogP contribution in [0.1, 0.15) is 153 Å². The van der Waals surface area contributed by atoms with Crippen molar-refractivity contribution in [3.8, 4) is 6.57 Å². The maximum Gasteiger partial charge on any atom is 0.330 e. The number of nitrogen functional groups attached to an aromatic ring is 1. The van der Waals surface area contributed by atoms with E-state index in [4.69, 9.17) is 46.2 Å². The fourth-order valence-electron chi connectivity index (χ4n) is 6.65. The lowest BCUT2D eigenvalue weighted by Crippen LogP contribution is -2.20. The quantitative estimate of drug-likeness (QED) is 0.0472. The number of hydrogen-bond donors (Lipinski definition) is 3. The predicted octanol–water partition coefficient (Wildman–Crippen LogP) is 10.2. The molecule has 0 bridgehead atoms. The number of anilines is 1. The molecule has 4 unspecified atom stereocenters. The van der Waals surface area contributed by atoms with Crippen molar-refractivity contribution in [2.24, 2.45) is 0 Å². The summed E-state index contributed by atoms with van der Waals surface area (Å²) in [5.41, 5.74) is 8.58. The normalized spacial score (nSPS) is 16.4. The summed E-state index contributed by atoms with van der Waals surface area (Å²) in [5, 5.41) is 18.4. The third-order valence-corrected chi connectivity index (χ3v) is 10.5. The van der Waals surface area contributed by atoms with Crippen molar-refractivity contribution in [3.63, 3.8) is 0 Å². The number of rotatable bonds is 28. The average Bonchev–Trinajstić information content (AvgIpc) is 3.86. The zero-order valence-electron chi connectivity index (χ0n) is 32.7. The van der Waals surface area contributed by atoms with Gasteiger partial charge in [0.15, 0.2) is 5.82 Å². The van der Waals surface area contributed by atoms with Gasteiger partial charge in [-0.2, -0.15) is 5.10 Å². The molecule has 3 aromatic heterocycles. The number of aliphatic hydroxyl groups excluding tert-OH is 1. The van der Waals surface area contributed by atoms with Gasteiger partial charge in [-0.25, -0.2) is 14.8 Å². The predicted molar refractivity (Wildman–Crippen MR) is 217 cm³/mol. The van der Waals surface area contributed by atoms with Crippen LogP contribution in [0.3, 0.4) is 0 Å². The van der Waals surface area contributed by atoms with Crippen molar-refractivity contribution in [1.29, 1.82) is 5.26 Å². The molecule has 0 aliphatic carbocycles. The van der Waals surface area contributed by atoms with Crippen molar-refractivity contribution in [2.75, 3.05) is 26.1 Å². The van der Waals surface area contributed by atoms with E-state index in [9.17, 15) is 4.89 Å². The number of halogens is 1. The molecule has 54 heavy (non-hydrogen) atoms. The summed E-state index contributed by atoms with van der Waals surface area (Å²) in [4.78, 5) is 18.8. The second-order valence-electron chi connectivity index (χ2n) is 13.7.